The van der Waals surface area contributed by atoms with E-state index in [4.69, 9.17) is 0 Å². The van der Waals surface area contributed by atoms with Gasteiger partial charge in [0, 0.05) is 16.2 Å². The molecule has 0 saturated heterocycles. The number of hydrogen-bond acceptors (Lipinski definition) is 2. The summed E-state index contributed by atoms with van der Waals surface area (Å²) in [4.78, 5) is 17.9. The van der Waals surface area contributed by atoms with E-state index in [0.29, 0.717) is 5.69 Å². The molecule has 0 radical (unpaired) electrons. The van der Waals surface area contributed by atoms with Crippen molar-refractivity contribution in [2.75, 3.05) is 0 Å². The quantitative estimate of drug-likeness (QED) is 0.809. The monoisotopic (exact) mass is 401 g/mol. The number of rotatable bonds is 2. The molecule has 0 aromatic carbocycles. The molecule has 4 fully saturated rings. The maximum Gasteiger partial charge on any atom is 0.270 e. The van der Waals surface area contributed by atoms with Gasteiger partial charge in [0.25, 0.3) is 5.91 Å². The van der Waals surface area contributed by atoms with Gasteiger partial charge in [-0.3, -0.25) is 9.20 Å². The SMILES string of the molecule is Cc1nc2c(C)cc(Br)cn2c1C(=O)NC12CC3CC(CC(C3)C1)C2. The van der Waals surface area contributed by atoms with Crippen LogP contribution in [0, 0.1) is 31.6 Å². The fourth-order valence-corrected chi connectivity index (χ4v) is 6.77. The van der Waals surface area contributed by atoms with Crippen molar-refractivity contribution in [1.82, 2.24) is 14.7 Å². The molecule has 0 spiro atoms. The van der Waals surface area contributed by atoms with Gasteiger partial charge in [-0.15, -0.1) is 0 Å². The number of pyridine rings is 1. The van der Waals surface area contributed by atoms with E-state index in [2.05, 4.69) is 26.2 Å². The van der Waals surface area contributed by atoms with Crippen molar-refractivity contribution < 1.29 is 4.79 Å². The Hall–Kier alpha value is -1.36. The van der Waals surface area contributed by atoms with Gasteiger partial charge in [0.15, 0.2) is 0 Å². The van der Waals surface area contributed by atoms with Crippen LogP contribution in [0.25, 0.3) is 5.65 Å². The molecule has 1 N–H and O–H groups in total. The Morgan fingerprint density at radius 2 is 1.80 bits per heavy atom. The van der Waals surface area contributed by atoms with Crippen molar-refractivity contribution in [2.24, 2.45) is 17.8 Å². The van der Waals surface area contributed by atoms with Gasteiger partial charge in [0.2, 0.25) is 0 Å². The molecule has 2 aromatic rings. The highest BCUT2D eigenvalue weighted by Crippen LogP contribution is 2.55. The Kier molecular flexibility index (Phi) is 3.38. The molecule has 2 aromatic heterocycles. The zero-order chi connectivity index (χ0) is 17.3. The number of aromatic nitrogens is 2. The second kappa shape index (κ2) is 5.32. The number of carbonyl (C=O) groups is 1. The zero-order valence-electron chi connectivity index (χ0n) is 14.8. The van der Waals surface area contributed by atoms with E-state index < -0.39 is 0 Å². The summed E-state index contributed by atoms with van der Waals surface area (Å²) < 4.78 is 2.92. The van der Waals surface area contributed by atoms with Crippen LogP contribution in [0.2, 0.25) is 0 Å². The molecule has 4 nitrogen and oxygen atoms in total. The van der Waals surface area contributed by atoms with Gasteiger partial charge in [0.1, 0.15) is 11.3 Å². The Morgan fingerprint density at radius 1 is 1.20 bits per heavy atom. The Morgan fingerprint density at radius 3 is 2.40 bits per heavy atom. The Balaban J connectivity index is 1.51. The summed E-state index contributed by atoms with van der Waals surface area (Å²) in [7, 11) is 0. The summed E-state index contributed by atoms with van der Waals surface area (Å²) in [5.74, 6) is 2.52. The number of amides is 1. The Bertz CT molecular complexity index is 849. The molecular weight excluding hydrogens is 378 g/mol. The fraction of sp³-hybridized carbons (Fsp3) is 0.600. The molecule has 5 heteroatoms. The van der Waals surface area contributed by atoms with Crippen LogP contribution in [0.4, 0.5) is 0 Å². The molecule has 2 heterocycles. The van der Waals surface area contributed by atoms with E-state index in [1.165, 1.54) is 38.5 Å². The minimum atomic E-state index is 0.0312. The van der Waals surface area contributed by atoms with E-state index in [9.17, 15) is 4.79 Å². The smallest absolute Gasteiger partial charge is 0.270 e. The third-order valence-corrected chi connectivity index (χ3v) is 7.11. The summed E-state index contributed by atoms with van der Waals surface area (Å²) in [6, 6.07) is 2.04. The molecule has 0 unspecified atom stereocenters. The standard InChI is InChI=1S/C20H24BrN3O/c1-11-3-16(21)10-24-17(12(2)22-18(11)24)19(25)23-20-7-13-4-14(8-20)6-15(5-13)9-20/h3,10,13-15H,4-9H2,1-2H3,(H,23,25). The lowest BCUT2D eigenvalue weighted by Gasteiger charge is -2.56. The van der Waals surface area contributed by atoms with E-state index >= 15 is 0 Å². The van der Waals surface area contributed by atoms with E-state index in [1.54, 1.807) is 0 Å². The highest BCUT2D eigenvalue weighted by molar-refractivity contribution is 9.10. The second-order valence-corrected chi connectivity index (χ2v) is 9.65. The van der Waals surface area contributed by atoms with Gasteiger partial charge in [-0.25, -0.2) is 4.98 Å². The van der Waals surface area contributed by atoms with Crippen LogP contribution in [0.5, 0.6) is 0 Å². The molecule has 4 bridgehead atoms. The van der Waals surface area contributed by atoms with Gasteiger partial charge < -0.3 is 5.32 Å². The van der Waals surface area contributed by atoms with Gasteiger partial charge in [0.05, 0.1) is 5.69 Å². The molecule has 0 atom stereocenters. The fourth-order valence-electron chi connectivity index (χ4n) is 6.22. The largest absolute Gasteiger partial charge is 0.345 e. The van der Waals surface area contributed by atoms with Crippen LogP contribution >= 0.6 is 15.9 Å². The van der Waals surface area contributed by atoms with Gasteiger partial charge in [-0.2, -0.15) is 0 Å². The summed E-state index contributed by atoms with van der Waals surface area (Å²) in [6.07, 6.45) is 9.62. The highest BCUT2D eigenvalue weighted by atomic mass is 79.9. The molecule has 0 aliphatic heterocycles. The summed E-state index contributed by atoms with van der Waals surface area (Å²) in [6.45, 7) is 3.97. The highest BCUT2D eigenvalue weighted by Gasteiger charge is 2.51. The first-order valence-corrected chi connectivity index (χ1v) is 10.2. The Labute approximate surface area is 156 Å². The minimum absolute atomic E-state index is 0.0312. The first-order valence-electron chi connectivity index (χ1n) is 9.40. The van der Waals surface area contributed by atoms with Gasteiger partial charge in [-0.05, 0) is 97.7 Å². The van der Waals surface area contributed by atoms with Crippen LogP contribution in [-0.2, 0) is 0 Å². The number of carbonyl (C=O) groups excluding carboxylic acids is 1. The molecular formula is C20H24BrN3O. The number of nitrogens with zero attached hydrogens (tertiary/aromatic N) is 2. The normalized spacial score (nSPS) is 33.2. The average Bonchev–Trinajstić information content (AvgIpc) is 2.81. The van der Waals surface area contributed by atoms with Crippen LogP contribution in [0.1, 0.15) is 60.3 Å². The van der Waals surface area contributed by atoms with Gasteiger partial charge in [-0.1, -0.05) is 0 Å². The summed E-state index contributed by atoms with van der Waals surface area (Å²) in [5.41, 5.74) is 3.48. The number of imidazole rings is 1. The molecule has 6 rings (SSSR count). The number of fused-ring (bicyclic) bond motifs is 1. The third-order valence-electron chi connectivity index (χ3n) is 6.68. The maximum absolute atomic E-state index is 13.3. The average molecular weight is 402 g/mol. The maximum atomic E-state index is 13.3. The van der Waals surface area contributed by atoms with Crippen LogP contribution in [0.3, 0.4) is 0 Å². The lowest BCUT2D eigenvalue weighted by molar-refractivity contribution is -0.0168. The lowest BCUT2D eigenvalue weighted by atomic mass is 9.53. The second-order valence-electron chi connectivity index (χ2n) is 8.73. The molecule has 4 saturated carbocycles. The van der Waals surface area contributed by atoms with E-state index in [-0.39, 0.29) is 11.4 Å². The van der Waals surface area contributed by atoms with Crippen LogP contribution < -0.4 is 5.32 Å². The summed E-state index contributed by atoms with van der Waals surface area (Å²) in [5, 5.41) is 3.48. The number of nitrogens with one attached hydrogen (secondary N) is 1. The van der Waals surface area contributed by atoms with Crippen LogP contribution in [0.15, 0.2) is 16.7 Å². The topological polar surface area (TPSA) is 46.4 Å². The first-order chi connectivity index (χ1) is 11.9. The van der Waals surface area contributed by atoms with Crippen molar-refractivity contribution in [3.63, 3.8) is 0 Å². The first kappa shape index (κ1) is 15.9. The minimum Gasteiger partial charge on any atom is -0.345 e. The van der Waals surface area contributed by atoms with Crippen molar-refractivity contribution in [3.8, 4) is 0 Å². The van der Waals surface area contributed by atoms with Gasteiger partial charge >= 0.3 is 0 Å². The van der Waals surface area contributed by atoms with Crippen molar-refractivity contribution in [1.29, 1.82) is 0 Å². The summed E-state index contributed by atoms with van der Waals surface area (Å²) >= 11 is 3.55. The lowest BCUT2D eigenvalue weighted by Crippen LogP contribution is -2.60. The van der Waals surface area contributed by atoms with Crippen molar-refractivity contribution >= 4 is 27.5 Å². The number of halogens is 1. The molecule has 25 heavy (non-hydrogen) atoms. The van der Waals surface area contributed by atoms with Crippen molar-refractivity contribution in [3.05, 3.63) is 33.7 Å². The predicted octanol–water partition coefficient (Wildman–Crippen LogP) is 4.41. The molecule has 1 amide bonds. The van der Waals surface area contributed by atoms with Crippen molar-refractivity contribution in [2.45, 2.75) is 57.9 Å². The number of hydrogen-bond donors (Lipinski definition) is 1. The molecule has 4 aliphatic rings. The zero-order valence-corrected chi connectivity index (χ0v) is 16.4. The number of aryl methyl sites for hydroxylation is 2. The van der Waals surface area contributed by atoms with E-state index in [0.717, 1.165) is 39.1 Å². The third kappa shape index (κ3) is 2.46. The van der Waals surface area contributed by atoms with Crippen LogP contribution in [-0.4, -0.2) is 20.8 Å². The van der Waals surface area contributed by atoms with E-state index in [1.807, 2.05) is 30.5 Å². The predicted molar refractivity (Wildman–Crippen MR) is 101 cm³/mol. The molecule has 132 valence electrons. The molecule has 4 aliphatic carbocycles.